The van der Waals surface area contributed by atoms with E-state index in [0.717, 1.165) is 48.5 Å². The third kappa shape index (κ3) is 3.96. The summed E-state index contributed by atoms with van der Waals surface area (Å²) in [4.78, 5) is 0. The molecule has 9 aromatic carbocycles. The summed E-state index contributed by atoms with van der Waals surface area (Å²) in [6.07, 6.45) is 0. The van der Waals surface area contributed by atoms with Gasteiger partial charge in [0.25, 0.3) is 0 Å². The molecule has 0 radical (unpaired) electrons. The van der Waals surface area contributed by atoms with Gasteiger partial charge in [0.05, 0.1) is 21.5 Å². The fourth-order valence-electron chi connectivity index (χ4n) is 7.75. The standard InChI is InChI=1S/2C16H4F5.C6H2F3.Al/c2*17-8-4-3-6-1-2-7-5-9(18)14(19)13-11(7)10(6)12(8)15(20)16(13)21;7-4-1-2-5(8)6(9)3-4;/h2*1-4H;1,3H;. The lowest BCUT2D eigenvalue weighted by Crippen LogP contribution is -2.57. The molecule has 0 unspecified atom stereocenters. The van der Waals surface area contributed by atoms with Gasteiger partial charge in [-0.1, -0.05) is 49.7 Å². The van der Waals surface area contributed by atoms with Crippen molar-refractivity contribution in [3.63, 3.8) is 0 Å². The summed E-state index contributed by atoms with van der Waals surface area (Å²) in [5, 5.41) is -8.26. The van der Waals surface area contributed by atoms with E-state index in [4.69, 9.17) is 0 Å². The Bertz CT molecular complexity index is 2890. The van der Waals surface area contributed by atoms with Gasteiger partial charge in [0.1, 0.15) is 34.9 Å². The van der Waals surface area contributed by atoms with Crippen LogP contribution in [0.25, 0.3) is 64.6 Å². The second-order valence-electron chi connectivity index (χ2n) is 12.3. The van der Waals surface area contributed by atoms with Crippen molar-refractivity contribution < 1.29 is 57.1 Å². The SMILES string of the molecule is Fc1cc(F)c(F)[c]([Al]([c]2c(F)c(F)c3c(F)c(F)c4c(F)ccc5ccc2c3c54)[c]2c(F)c(F)c3c(F)c(F)c4c(F)ccc5ccc2c3c54)c1. The van der Waals surface area contributed by atoms with Crippen molar-refractivity contribution in [1.82, 2.24) is 0 Å². The first-order valence-corrected chi connectivity index (χ1v) is 16.9. The summed E-state index contributed by atoms with van der Waals surface area (Å²) in [7, 11) is 0. The van der Waals surface area contributed by atoms with Gasteiger partial charge in [-0.3, -0.25) is 0 Å². The fourth-order valence-corrected chi connectivity index (χ4v) is 11.2. The highest BCUT2D eigenvalue weighted by atomic mass is 27.2. The Morgan fingerprint density at radius 3 is 1.13 bits per heavy atom. The first-order chi connectivity index (χ1) is 24.7. The highest BCUT2D eigenvalue weighted by Gasteiger charge is 2.42. The number of halogens is 13. The maximum Gasteiger partial charge on any atom is 0.400 e. The molecule has 0 fully saturated rings. The maximum atomic E-state index is 16.7. The smallest absolute Gasteiger partial charge is 0.207 e. The molecule has 256 valence electrons. The summed E-state index contributed by atoms with van der Waals surface area (Å²) in [5.41, 5.74) is 0. The van der Waals surface area contributed by atoms with Crippen molar-refractivity contribution in [2.45, 2.75) is 0 Å². The first kappa shape index (κ1) is 32.6. The van der Waals surface area contributed by atoms with Crippen molar-refractivity contribution in [2.24, 2.45) is 0 Å². The molecule has 0 heterocycles. The number of benzene rings is 9. The molecule has 0 amide bonds. The molecule has 52 heavy (non-hydrogen) atoms. The Morgan fingerprint density at radius 1 is 0.308 bits per heavy atom. The van der Waals surface area contributed by atoms with E-state index in [-0.39, 0.29) is 16.8 Å². The van der Waals surface area contributed by atoms with Gasteiger partial charge in [-0.15, -0.1) is 0 Å². The predicted octanol–water partition coefficient (Wildman–Crippen LogP) is 9.81. The minimum atomic E-state index is -4.86. The zero-order valence-corrected chi connectivity index (χ0v) is 26.4. The van der Waals surface area contributed by atoms with E-state index in [1.807, 2.05) is 0 Å². The van der Waals surface area contributed by atoms with E-state index in [0.29, 0.717) is 6.07 Å². The zero-order valence-electron chi connectivity index (χ0n) is 25.3. The molecule has 0 nitrogen and oxygen atoms in total. The van der Waals surface area contributed by atoms with Gasteiger partial charge in [0.2, 0.25) is 0 Å². The molecule has 0 saturated heterocycles. The van der Waals surface area contributed by atoms with Gasteiger partial charge in [0, 0.05) is 27.6 Å². The van der Waals surface area contributed by atoms with Crippen molar-refractivity contribution in [3.8, 4) is 0 Å². The molecule has 0 spiro atoms. The summed E-state index contributed by atoms with van der Waals surface area (Å²) >= 11 is -4.86. The van der Waals surface area contributed by atoms with E-state index in [2.05, 4.69) is 0 Å². The van der Waals surface area contributed by atoms with Gasteiger partial charge in [-0.05, 0) is 39.7 Å². The Morgan fingerprint density at radius 2 is 0.692 bits per heavy atom. The molecular weight excluding hydrogens is 730 g/mol. The lowest BCUT2D eigenvalue weighted by atomic mass is 9.92. The molecular formula is C38H10AlF13. The number of hydrogen-bond acceptors (Lipinski definition) is 0. The normalized spacial score (nSPS) is 12.3. The molecule has 0 bridgehead atoms. The van der Waals surface area contributed by atoms with Crippen LogP contribution in [-0.2, 0) is 0 Å². The van der Waals surface area contributed by atoms with Crippen LogP contribution >= 0.6 is 0 Å². The lowest BCUT2D eigenvalue weighted by molar-refractivity contribution is 0.497. The zero-order chi connectivity index (χ0) is 36.8. The van der Waals surface area contributed by atoms with Crippen molar-refractivity contribution >= 4 is 92.1 Å². The van der Waals surface area contributed by atoms with Crippen LogP contribution in [0.5, 0.6) is 0 Å². The second kappa shape index (κ2) is 10.9. The van der Waals surface area contributed by atoms with E-state index in [9.17, 15) is 8.78 Å². The average molecular weight is 740 g/mol. The Hall–Kier alpha value is -5.32. The van der Waals surface area contributed by atoms with Crippen LogP contribution in [-0.4, -0.2) is 14.1 Å². The second-order valence-corrected chi connectivity index (χ2v) is 15.0. The van der Waals surface area contributed by atoms with Gasteiger partial charge in [0.15, 0.2) is 40.7 Å². The minimum absolute atomic E-state index is 0.0227. The van der Waals surface area contributed by atoms with Crippen molar-refractivity contribution in [3.05, 3.63) is 136 Å². The quantitative estimate of drug-likeness (QED) is 0.0733. The molecule has 0 saturated carbocycles. The molecule has 14 heteroatoms. The molecule has 0 aliphatic carbocycles. The van der Waals surface area contributed by atoms with E-state index in [1.54, 1.807) is 0 Å². The van der Waals surface area contributed by atoms with Crippen LogP contribution in [0.2, 0.25) is 0 Å². The molecule has 0 aliphatic heterocycles. The molecule has 9 rings (SSSR count). The number of hydrogen-bond donors (Lipinski definition) is 0. The lowest BCUT2D eigenvalue weighted by Gasteiger charge is -2.24. The summed E-state index contributed by atoms with van der Waals surface area (Å²) in [6, 6.07) is 8.43. The Labute approximate surface area is 284 Å². The Balaban J connectivity index is 1.56. The topological polar surface area (TPSA) is 0 Å². The highest BCUT2D eigenvalue weighted by molar-refractivity contribution is 6.98. The molecule has 0 aliphatic rings. The summed E-state index contributed by atoms with van der Waals surface area (Å²) in [6.45, 7) is 0. The third-order valence-electron chi connectivity index (χ3n) is 9.82. The molecule has 0 atom stereocenters. The monoisotopic (exact) mass is 740 g/mol. The maximum absolute atomic E-state index is 16.7. The summed E-state index contributed by atoms with van der Waals surface area (Å²) in [5.74, 6) is -24.2. The molecule has 0 N–H and O–H groups in total. The minimum Gasteiger partial charge on any atom is -0.207 e. The van der Waals surface area contributed by atoms with Crippen LogP contribution in [0.1, 0.15) is 0 Å². The number of rotatable bonds is 3. The third-order valence-corrected chi connectivity index (χ3v) is 13.1. The predicted molar refractivity (Wildman–Crippen MR) is 171 cm³/mol. The van der Waals surface area contributed by atoms with Gasteiger partial charge >= 0.3 is 14.1 Å². The Kier molecular flexibility index (Phi) is 6.80. The van der Waals surface area contributed by atoms with Gasteiger partial charge < -0.3 is 0 Å². The van der Waals surface area contributed by atoms with Gasteiger partial charge in [-0.25, -0.2) is 57.1 Å². The van der Waals surface area contributed by atoms with Gasteiger partial charge in [-0.2, -0.15) is 0 Å². The first-order valence-electron chi connectivity index (χ1n) is 15.1. The highest BCUT2D eigenvalue weighted by Crippen LogP contribution is 2.43. The largest absolute Gasteiger partial charge is 0.400 e. The molecule has 9 aromatic rings. The van der Waals surface area contributed by atoms with Crippen LogP contribution in [0.3, 0.4) is 0 Å². The van der Waals surface area contributed by atoms with Crippen molar-refractivity contribution in [2.75, 3.05) is 0 Å². The van der Waals surface area contributed by atoms with Crippen LogP contribution in [0.15, 0.2) is 60.7 Å². The van der Waals surface area contributed by atoms with Crippen LogP contribution in [0.4, 0.5) is 57.1 Å². The van der Waals surface area contributed by atoms with E-state index < -0.39 is 157 Å². The van der Waals surface area contributed by atoms with E-state index in [1.165, 1.54) is 0 Å². The summed E-state index contributed by atoms with van der Waals surface area (Å²) < 4.78 is 200. The average Bonchev–Trinajstić information content (AvgIpc) is 3.11. The van der Waals surface area contributed by atoms with E-state index >= 15 is 48.3 Å². The fraction of sp³-hybridized carbons (Fsp3) is 0. The molecule has 0 aromatic heterocycles. The van der Waals surface area contributed by atoms with Crippen molar-refractivity contribution in [1.29, 1.82) is 0 Å². The van der Waals surface area contributed by atoms with Crippen LogP contribution < -0.4 is 13.3 Å². The van der Waals surface area contributed by atoms with Crippen LogP contribution in [0, 0.1) is 75.6 Å².